The van der Waals surface area contributed by atoms with Crippen molar-refractivity contribution in [3.63, 3.8) is 0 Å². The number of nitrogens with one attached hydrogen (secondary N) is 1. The van der Waals surface area contributed by atoms with Crippen molar-refractivity contribution in [2.75, 3.05) is 27.2 Å². The zero-order valence-corrected chi connectivity index (χ0v) is 14.8. The Morgan fingerprint density at radius 2 is 1.96 bits per heavy atom. The van der Waals surface area contributed by atoms with Crippen LogP contribution in [0.2, 0.25) is 5.02 Å². The van der Waals surface area contributed by atoms with Gasteiger partial charge in [-0.25, -0.2) is 0 Å². The topological polar surface area (TPSA) is 28.3 Å². The summed E-state index contributed by atoms with van der Waals surface area (Å²) in [5, 5.41) is 2.03. The number of benzene rings is 2. The van der Waals surface area contributed by atoms with E-state index in [0.29, 0.717) is 6.61 Å². The van der Waals surface area contributed by atoms with Crippen molar-refractivity contribution in [2.24, 2.45) is 0 Å². The van der Waals surface area contributed by atoms with E-state index in [1.54, 1.807) is 0 Å². The van der Waals surface area contributed by atoms with Gasteiger partial charge in [0.1, 0.15) is 12.4 Å². The molecule has 1 aromatic heterocycles. The van der Waals surface area contributed by atoms with E-state index in [1.807, 2.05) is 6.07 Å². The summed E-state index contributed by atoms with van der Waals surface area (Å²) in [6, 6.07) is 12.4. The monoisotopic (exact) mass is 340 g/mol. The number of H-pyrrole nitrogens is 1. The summed E-state index contributed by atoms with van der Waals surface area (Å²) >= 11 is 6.19. The largest absolute Gasteiger partial charge is 0.492 e. The van der Waals surface area contributed by atoms with Crippen molar-refractivity contribution in [1.29, 1.82) is 0 Å². The molecule has 1 aliphatic carbocycles. The normalized spacial score (nSPS) is 13.2. The summed E-state index contributed by atoms with van der Waals surface area (Å²) in [6.45, 7) is 1.62. The Hall–Kier alpha value is -1.97. The fourth-order valence-electron chi connectivity index (χ4n) is 3.49. The average molecular weight is 341 g/mol. The number of nitrogens with zero attached hydrogens (tertiary/aromatic N) is 1. The maximum atomic E-state index is 6.19. The number of halogens is 1. The van der Waals surface area contributed by atoms with Crippen LogP contribution in [0.5, 0.6) is 5.75 Å². The minimum atomic E-state index is 0.707. The molecule has 0 amide bonds. The van der Waals surface area contributed by atoms with Crippen LogP contribution in [0.25, 0.3) is 22.2 Å². The molecule has 3 aromatic rings. The molecule has 0 saturated heterocycles. The lowest BCUT2D eigenvalue weighted by Gasteiger charge is -2.21. The third-order valence-electron chi connectivity index (χ3n) is 4.69. The zero-order valence-electron chi connectivity index (χ0n) is 14.0. The molecule has 2 aromatic carbocycles. The van der Waals surface area contributed by atoms with Crippen molar-refractivity contribution in [3.05, 3.63) is 52.5 Å². The zero-order chi connectivity index (χ0) is 16.7. The molecule has 0 radical (unpaired) electrons. The standard InChI is InChI=1S/C20H21ClN2O/c1-23(2)10-11-24-19-5-3-4-15-14(19)7-8-16-17-12-13(21)6-9-18(17)22-20(15)16/h3-6,9,12,22H,7-8,10-11H2,1-2H3. The lowest BCUT2D eigenvalue weighted by atomic mass is 9.88. The molecule has 24 heavy (non-hydrogen) atoms. The predicted molar refractivity (Wildman–Crippen MR) is 100 cm³/mol. The third-order valence-corrected chi connectivity index (χ3v) is 4.93. The van der Waals surface area contributed by atoms with Crippen LogP contribution in [-0.2, 0) is 12.8 Å². The van der Waals surface area contributed by atoms with Gasteiger partial charge in [0.05, 0.1) is 5.69 Å². The van der Waals surface area contributed by atoms with Crippen LogP contribution in [0, 0.1) is 0 Å². The van der Waals surface area contributed by atoms with Crippen molar-refractivity contribution in [2.45, 2.75) is 12.8 Å². The van der Waals surface area contributed by atoms with Crippen molar-refractivity contribution in [3.8, 4) is 17.0 Å². The number of rotatable bonds is 4. The Morgan fingerprint density at radius 1 is 1.12 bits per heavy atom. The minimum Gasteiger partial charge on any atom is -0.492 e. The van der Waals surface area contributed by atoms with Gasteiger partial charge in [-0.05, 0) is 56.8 Å². The molecule has 1 N–H and O–H groups in total. The molecule has 0 unspecified atom stereocenters. The van der Waals surface area contributed by atoms with E-state index in [0.717, 1.165) is 35.7 Å². The highest BCUT2D eigenvalue weighted by molar-refractivity contribution is 6.31. The van der Waals surface area contributed by atoms with Crippen molar-refractivity contribution < 1.29 is 4.74 Å². The number of aromatic amines is 1. The molecular formula is C20H21ClN2O. The highest BCUT2D eigenvalue weighted by Gasteiger charge is 2.23. The van der Waals surface area contributed by atoms with Crippen LogP contribution in [0.3, 0.4) is 0 Å². The van der Waals surface area contributed by atoms with Gasteiger partial charge in [0.25, 0.3) is 0 Å². The van der Waals surface area contributed by atoms with Crippen LogP contribution in [-0.4, -0.2) is 37.1 Å². The second kappa shape index (κ2) is 6.15. The van der Waals surface area contributed by atoms with Gasteiger partial charge in [0.2, 0.25) is 0 Å². The number of likely N-dealkylation sites (N-methyl/N-ethyl adjacent to an activating group) is 1. The van der Waals surface area contributed by atoms with E-state index >= 15 is 0 Å². The van der Waals surface area contributed by atoms with E-state index in [1.165, 1.54) is 27.8 Å². The van der Waals surface area contributed by atoms with Gasteiger partial charge < -0.3 is 14.6 Å². The Morgan fingerprint density at radius 3 is 2.79 bits per heavy atom. The van der Waals surface area contributed by atoms with Gasteiger partial charge in [-0.2, -0.15) is 0 Å². The van der Waals surface area contributed by atoms with E-state index in [9.17, 15) is 0 Å². The quantitative estimate of drug-likeness (QED) is 0.756. The fraction of sp³-hybridized carbons (Fsp3) is 0.300. The molecule has 4 heteroatoms. The van der Waals surface area contributed by atoms with E-state index in [4.69, 9.17) is 16.3 Å². The molecule has 3 nitrogen and oxygen atoms in total. The van der Waals surface area contributed by atoms with Crippen LogP contribution in [0.1, 0.15) is 11.1 Å². The average Bonchev–Trinajstić information content (AvgIpc) is 2.93. The fourth-order valence-corrected chi connectivity index (χ4v) is 3.66. The molecule has 0 aliphatic heterocycles. The van der Waals surface area contributed by atoms with Gasteiger partial charge in [-0.15, -0.1) is 0 Å². The van der Waals surface area contributed by atoms with Crippen molar-refractivity contribution >= 4 is 22.5 Å². The summed E-state index contributed by atoms with van der Waals surface area (Å²) in [7, 11) is 4.12. The summed E-state index contributed by atoms with van der Waals surface area (Å²) < 4.78 is 6.05. The Labute approximate surface area is 147 Å². The number of hydrogen-bond donors (Lipinski definition) is 1. The molecule has 1 aliphatic rings. The SMILES string of the molecule is CN(C)CCOc1cccc2c1CCc1c-2[nH]c2ccc(Cl)cc12. The number of hydrogen-bond acceptors (Lipinski definition) is 2. The molecule has 0 bridgehead atoms. The van der Waals surface area contributed by atoms with Gasteiger partial charge in [0.15, 0.2) is 0 Å². The van der Waals surface area contributed by atoms with Crippen LogP contribution < -0.4 is 4.74 Å². The Bertz CT molecular complexity index is 898. The minimum absolute atomic E-state index is 0.707. The maximum absolute atomic E-state index is 6.19. The Balaban J connectivity index is 1.75. The van der Waals surface area contributed by atoms with Crippen LogP contribution >= 0.6 is 11.6 Å². The number of aryl methyl sites for hydroxylation is 1. The molecule has 0 spiro atoms. The van der Waals surface area contributed by atoms with E-state index in [-0.39, 0.29) is 0 Å². The highest BCUT2D eigenvalue weighted by atomic mass is 35.5. The Kier molecular flexibility index (Phi) is 3.99. The molecule has 0 fully saturated rings. The van der Waals surface area contributed by atoms with Crippen molar-refractivity contribution in [1.82, 2.24) is 9.88 Å². The first-order valence-electron chi connectivity index (χ1n) is 8.33. The van der Waals surface area contributed by atoms with E-state index < -0.39 is 0 Å². The molecule has 4 rings (SSSR count). The van der Waals surface area contributed by atoms with Gasteiger partial charge in [0, 0.05) is 33.6 Å². The summed E-state index contributed by atoms with van der Waals surface area (Å²) in [5.74, 6) is 1.01. The third kappa shape index (κ3) is 2.68. The second-order valence-corrected chi connectivity index (χ2v) is 7.04. The maximum Gasteiger partial charge on any atom is 0.123 e. The number of aromatic nitrogens is 1. The first kappa shape index (κ1) is 15.6. The number of fused-ring (bicyclic) bond motifs is 5. The molecule has 1 heterocycles. The van der Waals surface area contributed by atoms with Gasteiger partial charge in [-0.3, -0.25) is 0 Å². The molecule has 0 atom stereocenters. The lowest BCUT2D eigenvalue weighted by Crippen LogP contribution is -2.20. The van der Waals surface area contributed by atoms with Crippen LogP contribution in [0.4, 0.5) is 0 Å². The predicted octanol–water partition coefficient (Wildman–Crippen LogP) is 4.53. The second-order valence-electron chi connectivity index (χ2n) is 6.60. The molecule has 0 saturated carbocycles. The molecular weight excluding hydrogens is 320 g/mol. The van der Waals surface area contributed by atoms with Crippen LogP contribution in [0.15, 0.2) is 36.4 Å². The first-order valence-corrected chi connectivity index (χ1v) is 8.71. The first-order chi connectivity index (χ1) is 11.6. The highest BCUT2D eigenvalue weighted by Crippen LogP contribution is 2.41. The van der Waals surface area contributed by atoms with E-state index in [2.05, 4.69) is 54.3 Å². The van der Waals surface area contributed by atoms with Gasteiger partial charge >= 0.3 is 0 Å². The summed E-state index contributed by atoms with van der Waals surface area (Å²) in [4.78, 5) is 5.71. The number of ether oxygens (including phenoxy) is 1. The lowest BCUT2D eigenvalue weighted by molar-refractivity contribution is 0.259. The molecule has 124 valence electrons. The smallest absolute Gasteiger partial charge is 0.123 e. The summed E-state index contributed by atoms with van der Waals surface area (Å²) in [6.07, 6.45) is 2.01. The van der Waals surface area contributed by atoms with Gasteiger partial charge in [-0.1, -0.05) is 23.7 Å². The summed E-state index contributed by atoms with van der Waals surface area (Å²) in [5.41, 5.74) is 6.29.